The second-order valence-corrected chi connectivity index (χ2v) is 5.45. The lowest BCUT2D eigenvalue weighted by Gasteiger charge is -2.09. The number of hydrogen-bond donors (Lipinski definition) is 2. The van der Waals surface area contributed by atoms with Gasteiger partial charge in [-0.2, -0.15) is 0 Å². The van der Waals surface area contributed by atoms with Crippen LogP contribution in [0.3, 0.4) is 0 Å². The number of halogens is 2. The highest BCUT2D eigenvalue weighted by molar-refractivity contribution is 9.10. The van der Waals surface area contributed by atoms with E-state index in [9.17, 15) is 9.18 Å². The molecule has 2 aromatic rings. The lowest BCUT2D eigenvalue weighted by atomic mass is 10.1. The molecule has 2 aromatic carbocycles. The van der Waals surface area contributed by atoms with E-state index in [2.05, 4.69) is 26.6 Å². The zero-order valence-electron chi connectivity index (χ0n) is 10.5. The van der Waals surface area contributed by atoms with Crippen molar-refractivity contribution in [2.75, 3.05) is 17.2 Å². The molecule has 0 spiro atoms. The Kier molecular flexibility index (Phi) is 3.44. The van der Waals surface area contributed by atoms with Gasteiger partial charge in [-0.1, -0.05) is 12.1 Å². The smallest absolute Gasteiger partial charge is 0.255 e. The summed E-state index contributed by atoms with van der Waals surface area (Å²) in [7, 11) is 0. The van der Waals surface area contributed by atoms with Crippen molar-refractivity contribution < 1.29 is 9.18 Å². The van der Waals surface area contributed by atoms with Crippen LogP contribution in [0.1, 0.15) is 15.9 Å². The van der Waals surface area contributed by atoms with Crippen LogP contribution in [-0.2, 0) is 6.42 Å². The zero-order valence-corrected chi connectivity index (χ0v) is 12.1. The predicted octanol–water partition coefficient (Wildman–Crippen LogP) is 3.81. The summed E-state index contributed by atoms with van der Waals surface area (Å²) in [6.45, 7) is 0.888. The standard InChI is InChI=1S/C15H12BrFN2O/c16-11-2-1-3-12(17)14(11)19-15(20)10-5-4-9-6-7-18-13(9)8-10/h1-5,8,18H,6-7H2,(H,19,20). The normalized spacial score (nSPS) is 12.7. The predicted molar refractivity (Wildman–Crippen MR) is 80.7 cm³/mol. The molecule has 1 aliphatic rings. The summed E-state index contributed by atoms with van der Waals surface area (Å²) in [4.78, 5) is 12.2. The van der Waals surface area contributed by atoms with E-state index in [1.54, 1.807) is 24.3 Å². The van der Waals surface area contributed by atoms with E-state index < -0.39 is 5.82 Å². The van der Waals surface area contributed by atoms with E-state index in [4.69, 9.17) is 0 Å². The van der Waals surface area contributed by atoms with E-state index in [0.29, 0.717) is 10.0 Å². The van der Waals surface area contributed by atoms with Gasteiger partial charge in [0.15, 0.2) is 0 Å². The highest BCUT2D eigenvalue weighted by atomic mass is 79.9. The van der Waals surface area contributed by atoms with Crippen LogP contribution in [0.25, 0.3) is 0 Å². The number of para-hydroxylation sites is 1. The SMILES string of the molecule is O=C(Nc1c(F)cccc1Br)c1ccc2c(c1)NCC2. The molecule has 102 valence electrons. The monoisotopic (exact) mass is 334 g/mol. The molecule has 0 fully saturated rings. The number of carbonyl (C=O) groups excluding carboxylic acids is 1. The first-order valence-electron chi connectivity index (χ1n) is 6.27. The van der Waals surface area contributed by atoms with Gasteiger partial charge in [0.1, 0.15) is 5.82 Å². The van der Waals surface area contributed by atoms with E-state index in [1.807, 2.05) is 6.07 Å². The zero-order chi connectivity index (χ0) is 14.1. The molecule has 0 aliphatic carbocycles. The summed E-state index contributed by atoms with van der Waals surface area (Å²) in [5.74, 6) is -0.792. The summed E-state index contributed by atoms with van der Waals surface area (Å²) < 4.78 is 14.2. The van der Waals surface area contributed by atoms with Crippen LogP contribution in [0.5, 0.6) is 0 Å². The number of fused-ring (bicyclic) bond motifs is 1. The van der Waals surface area contributed by atoms with Crippen LogP contribution in [0.15, 0.2) is 40.9 Å². The largest absolute Gasteiger partial charge is 0.384 e. The molecule has 1 heterocycles. The fourth-order valence-corrected chi connectivity index (χ4v) is 2.68. The molecule has 3 nitrogen and oxygen atoms in total. The van der Waals surface area contributed by atoms with Crippen molar-refractivity contribution in [1.29, 1.82) is 0 Å². The number of nitrogens with one attached hydrogen (secondary N) is 2. The summed E-state index contributed by atoms with van der Waals surface area (Å²) >= 11 is 3.23. The highest BCUT2D eigenvalue weighted by Gasteiger charge is 2.15. The maximum Gasteiger partial charge on any atom is 0.255 e. The minimum atomic E-state index is -0.466. The first kappa shape index (κ1) is 13.1. The van der Waals surface area contributed by atoms with Crippen LogP contribution in [0.2, 0.25) is 0 Å². The van der Waals surface area contributed by atoms with Crippen LogP contribution in [0, 0.1) is 5.82 Å². The van der Waals surface area contributed by atoms with Gasteiger partial charge in [-0.3, -0.25) is 4.79 Å². The average Bonchev–Trinajstić information content (AvgIpc) is 2.90. The quantitative estimate of drug-likeness (QED) is 0.876. The molecule has 5 heteroatoms. The van der Waals surface area contributed by atoms with Gasteiger partial charge in [-0.15, -0.1) is 0 Å². The first-order chi connectivity index (χ1) is 9.65. The van der Waals surface area contributed by atoms with Crippen molar-refractivity contribution >= 4 is 33.2 Å². The second kappa shape index (κ2) is 5.25. The van der Waals surface area contributed by atoms with Crippen molar-refractivity contribution in [3.63, 3.8) is 0 Å². The molecular formula is C15H12BrFN2O. The Morgan fingerprint density at radius 1 is 1.30 bits per heavy atom. The van der Waals surface area contributed by atoms with E-state index >= 15 is 0 Å². The molecule has 1 aliphatic heterocycles. The number of benzene rings is 2. The molecule has 3 rings (SSSR count). The Morgan fingerprint density at radius 2 is 2.15 bits per heavy atom. The number of hydrogen-bond acceptors (Lipinski definition) is 2. The van der Waals surface area contributed by atoms with Crippen molar-refractivity contribution in [3.8, 4) is 0 Å². The molecule has 0 saturated heterocycles. The fraction of sp³-hybridized carbons (Fsp3) is 0.133. The van der Waals surface area contributed by atoms with Crippen LogP contribution in [-0.4, -0.2) is 12.5 Å². The average molecular weight is 335 g/mol. The third kappa shape index (κ3) is 2.41. The third-order valence-corrected chi connectivity index (χ3v) is 3.94. The van der Waals surface area contributed by atoms with Crippen molar-refractivity contribution in [1.82, 2.24) is 0 Å². The molecule has 0 radical (unpaired) electrons. The number of amides is 1. The molecule has 0 saturated carbocycles. The Labute approximate surface area is 124 Å². The maximum absolute atomic E-state index is 13.7. The molecule has 0 unspecified atom stereocenters. The fourth-order valence-electron chi connectivity index (χ4n) is 2.24. The maximum atomic E-state index is 13.7. The minimum absolute atomic E-state index is 0.158. The van der Waals surface area contributed by atoms with E-state index in [1.165, 1.54) is 11.6 Å². The molecule has 1 amide bonds. The number of rotatable bonds is 2. The van der Waals surface area contributed by atoms with Crippen LogP contribution in [0.4, 0.5) is 15.8 Å². The molecule has 0 bridgehead atoms. The summed E-state index contributed by atoms with van der Waals surface area (Å²) in [6.07, 6.45) is 0.968. The number of anilines is 2. The van der Waals surface area contributed by atoms with Gasteiger partial charge in [-0.25, -0.2) is 4.39 Å². The van der Waals surface area contributed by atoms with Crippen molar-refractivity contribution in [3.05, 3.63) is 57.8 Å². The Bertz CT molecular complexity index is 667. The van der Waals surface area contributed by atoms with Gasteiger partial charge >= 0.3 is 0 Å². The lowest BCUT2D eigenvalue weighted by molar-refractivity contribution is 0.102. The molecule has 2 N–H and O–H groups in total. The second-order valence-electron chi connectivity index (χ2n) is 4.60. The Morgan fingerprint density at radius 3 is 2.95 bits per heavy atom. The van der Waals surface area contributed by atoms with Gasteiger partial charge in [0.05, 0.1) is 5.69 Å². The van der Waals surface area contributed by atoms with E-state index in [0.717, 1.165) is 18.7 Å². The van der Waals surface area contributed by atoms with Gasteiger partial charge in [0.2, 0.25) is 0 Å². The Balaban J connectivity index is 1.86. The first-order valence-corrected chi connectivity index (χ1v) is 7.06. The molecular weight excluding hydrogens is 323 g/mol. The van der Waals surface area contributed by atoms with Gasteiger partial charge in [0, 0.05) is 22.3 Å². The Hall–Kier alpha value is -1.88. The number of carbonyl (C=O) groups is 1. The topological polar surface area (TPSA) is 41.1 Å². The summed E-state index contributed by atoms with van der Waals surface area (Å²) in [6, 6.07) is 10.1. The van der Waals surface area contributed by atoms with Gasteiger partial charge in [0.25, 0.3) is 5.91 Å². The van der Waals surface area contributed by atoms with Gasteiger partial charge in [-0.05, 0) is 52.2 Å². The van der Waals surface area contributed by atoms with Crippen molar-refractivity contribution in [2.24, 2.45) is 0 Å². The van der Waals surface area contributed by atoms with E-state index in [-0.39, 0.29) is 11.6 Å². The minimum Gasteiger partial charge on any atom is -0.384 e. The lowest BCUT2D eigenvalue weighted by Crippen LogP contribution is -2.13. The third-order valence-electron chi connectivity index (χ3n) is 3.28. The summed E-state index contributed by atoms with van der Waals surface area (Å²) in [5.41, 5.74) is 2.85. The summed E-state index contributed by atoms with van der Waals surface area (Å²) in [5, 5.41) is 5.82. The van der Waals surface area contributed by atoms with Gasteiger partial charge < -0.3 is 10.6 Å². The van der Waals surface area contributed by atoms with Crippen LogP contribution >= 0.6 is 15.9 Å². The molecule has 20 heavy (non-hydrogen) atoms. The molecule has 0 aromatic heterocycles. The van der Waals surface area contributed by atoms with Crippen LogP contribution < -0.4 is 10.6 Å². The van der Waals surface area contributed by atoms with Crippen molar-refractivity contribution in [2.45, 2.75) is 6.42 Å². The highest BCUT2D eigenvalue weighted by Crippen LogP contribution is 2.27. The molecule has 0 atom stereocenters.